The minimum atomic E-state index is -0.790. The summed E-state index contributed by atoms with van der Waals surface area (Å²) in [6, 6.07) is 14.5. The van der Waals surface area contributed by atoms with E-state index in [0.717, 1.165) is 5.56 Å². The molecule has 0 radical (unpaired) electrons. The number of ether oxygens (including phenoxy) is 1. The number of halogens is 1. The van der Waals surface area contributed by atoms with Gasteiger partial charge in [-0.2, -0.15) is 0 Å². The lowest BCUT2D eigenvalue weighted by atomic mass is 9.78. The first-order chi connectivity index (χ1) is 11.3. The molecule has 0 amide bonds. The van der Waals surface area contributed by atoms with Gasteiger partial charge < -0.3 is 14.0 Å². The van der Waals surface area contributed by atoms with Crippen molar-refractivity contribution < 1.29 is 18.4 Å². The molecule has 0 aromatic heterocycles. The summed E-state index contributed by atoms with van der Waals surface area (Å²) in [6.45, 7) is 8.13. The molecule has 0 aliphatic carbocycles. The van der Waals surface area contributed by atoms with Crippen molar-refractivity contribution in [1.82, 2.24) is 0 Å². The topological polar surface area (TPSA) is 27.7 Å². The van der Waals surface area contributed by atoms with Crippen LogP contribution in [0.2, 0.25) is 0 Å². The fraction of sp³-hybridized carbons (Fsp3) is 0.368. The summed E-state index contributed by atoms with van der Waals surface area (Å²) in [7, 11) is -0.790. The predicted octanol–water partition coefficient (Wildman–Crippen LogP) is 3.70. The molecule has 3 rings (SSSR count). The van der Waals surface area contributed by atoms with E-state index in [2.05, 4.69) is 0 Å². The van der Waals surface area contributed by atoms with Crippen molar-refractivity contribution in [2.24, 2.45) is 0 Å². The molecule has 1 aliphatic heterocycles. The molecule has 0 spiro atoms. The average molecular weight is 328 g/mol. The molecule has 1 fully saturated rings. The molecule has 5 heteroatoms. The van der Waals surface area contributed by atoms with E-state index in [9.17, 15) is 4.39 Å². The Kier molecular flexibility index (Phi) is 4.41. The molecule has 126 valence electrons. The zero-order chi connectivity index (χ0) is 17.4. The maximum absolute atomic E-state index is 14.5. The van der Waals surface area contributed by atoms with Crippen molar-refractivity contribution >= 4 is 12.6 Å². The molecule has 0 unspecified atom stereocenters. The van der Waals surface area contributed by atoms with Crippen LogP contribution in [0.25, 0.3) is 0 Å². The lowest BCUT2D eigenvalue weighted by molar-refractivity contribution is 0.00578. The summed E-state index contributed by atoms with van der Waals surface area (Å²) in [5.74, 6) is 0.0522. The second-order valence-corrected chi connectivity index (χ2v) is 7.01. The van der Waals surface area contributed by atoms with Gasteiger partial charge in [0.25, 0.3) is 0 Å². The van der Waals surface area contributed by atoms with Crippen molar-refractivity contribution in [2.45, 2.75) is 45.5 Å². The third kappa shape index (κ3) is 3.19. The molecule has 1 aliphatic rings. The van der Waals surface area contributed by atoms with Crippen molar-refractivity contribution in [3.63, 3.8) is 0 Å². The van der Waals surface area contributed by atoms with Gasteiger partial charge in [-0.25, -0.2) is 4.39 Å². The normalized spacial score (nSPS) is 18.6. The third-order valence-corrected chi connectivity index (χ3v) is 4.74. The molecule has 3 nitrogen and oxygen atoms in total. The van der Waals surface area contributed by atoms with Crippen molar-refractivity contribution in [1.29, 1.82) is 0 Å². The van der Waals surface area contributed by atoms with E-state index >= 15 is 0 Å². The van der Waals surface area contributed by atoms with E-state index in [4.69, 9.17) is 14.0 Å². The molecule has 1 saturated heterocycles. The van der Waals surface area contributed by atoms with Crippen LogP contribution in [0.1, 0.15) is 33.3 Å². The maximum atomic E-state index is 14.5. The Morgan fingerprint density at radius 1 is 0.917 bits per heavy atom. The maximum Gasteiger partial charge on any atom is 0.501 e. The molecule has 1 heterocycles. The van der Waals surface area contributed by atoms with E-state index in [0.29, 0.717) is 17.8 Å². The van der Waals surface area contributed by atoms with Crippen LogP contribution < -0.4 is 10.2 Å². The highest BCUT2D eigenvalue weighted by atomic mass is 19.1. The van der Waals surface area contributed by atoms with Crippen LogP contribution in [-0.4, -0.2) is 18.3 Å². The zero-order valence-electron chi connectivity index (χ0n) is 14.5. The Balaban J connectivity index is 1.86. The molecule has 0 atom stereocenters. The van der Waals surface area contributed by atoms with Crippen molar-refractivity contribution in [2.75, 3.05) is 0 Å². The van der Waals surface area contributed by atoms with Gasteiger partial charge >= 0.3 is 7.12 Å². The standard InChI is InChI=1S/C19H22BFO3/c1-18(2)19(3,4)24-20(23-18)17-15(21)11-8-12-16(17)22-13-14-9-6-5-7-10-14/h5-12H,13H2,1-4H3. The highest BCUT2D eigenvalue weighted by Gasteiger charge is 2.53. The Bertz CT molecular complexity index is 700. The van der Waals surface area contributed by atoms with E-state index in [1.807, 2.05) is 58.0 Å². The van der Waals surface area contributed by atoms with E-state index in [1.165, 1.54) is 6.07 Å². The lowest BCUT2D eigenvalue weighted by Gasteiger charge is -2.32. The molecule has 2 aromatic rings. The monoisotopic (exact) mass is 328 g/mol. The minimum absolute atomic E-state index is 0.312. The van der Waals surface area contributed by atoms with E-state index in [1.54, 1.807) is 12.1 Å². The Morgan fingerprint density at radius 3 is 2.17 bits per heavy atom. The van der Waals surface area contributed by atoms with Crippen LogP contribution >= 0.6 is 0 Å². The fourth-order valence-electron chi connectivity index (χ4n) is 2.57. The van der Waals surface area contributed by atoms with Crippen LogP contribution in [0.15, 0.2) is 48.5 Å². The van der Waals surface area contributed by atoms with Gasteiger partial charge in [0.1, 0.15) is 18.2 Å². The summed E-state index contributed by atoms with van der Waals surface area (Å²) in [5, 5.41) is 0. The molecular formula is C19H22BFO3. The third-order valence-electron chi connectivity index (χ3n) is 4.74. The molecule has 0 N–H and O–H groups in total. The van der Waals surface area contributed by atoms with E-state index < -0.39 is 18.3 Å². The number of rotatable bonds is 4. The molecule has 0 saturated carbocycles. The lowest BCUT2D eigenvalue weighted by Crippen LogP contribution is -2.41. The average Bonchev–Trinajstić information content (AvgIpc) is 2.74. The Labute approximate surface area is 142 Å². The highest BCUT2D eigenvalue weighted by molar-refractivity contribution is 6.63. The highest BCUT2D eigenvalue weighted by Crippen LogP contribution is 2.37. The molecule has 24 heavy (non-hydrogen) atoms. The first-order valence-electron chi connectivity index (χ1n) is 8.11. The fourth-order valence-corrected chi connectivity index (χ4v) is 2.57. The van der Waals surface area contributed by atoms with Gasteiger partial charge in [0.2, 0.25) is 0 Å². The summed E-state index contributed by atoms with van der Waals surface area (Å²) in [5.41, 5.74) is 0.265. The van der Waals surface area contributed by atoms with Crippen LogP contribution in [0.4, 0.5) is 4.39 Å². The SMILES string of the molecule is CC1(C)OB(c2c(F)cccc2OCc2ccccc2)OC1(C)C. The van der Waals surface area contributed by atoms with Gasteiger partial charge in [0, 0.05) is 0 Å². The smallest absolute Gasteiger partial charge is 0.489 e. The van der Waals surface area contributed by atoms with Crippen molar-refractivity contribution in [3.8, 4) is 5.75 Å². The van der Waals surface area contributed by atoms with Gasteiger partial charge in [0.05, 0.1) is 16.7 Å². The minimum Gasteiger partial charge on any atom is -0.489 e. The molecular weight excluding hydrogens is 306 g/mol. The van der Waals surface area contributed by atoms with Crippen LogP contribution in [0.5, 0.6) is 5.75 Å². The largest absolute Gasteiger partial charge is 0.501 e. The number of benzene rings is 2. The Morgan fingerprint density at radius 2 is 1.54 bits per heavy atom. The summed E-state index contributed by atoms with van der Waals surface area (Å²) >= 11 is 0. The summed E-state index contributed by atoms with van der Waals surface area (Å²) in [6.07, 6.45) is 0. The molecule has 2 aromatic carbocycles. The first kappa shape index (κ1) is 17.0. The zero-order valence-corrected chi connectivity index (χ0v) is 14.5. The van der Waals surface area contributed by atoms with Crippen LogP contribution in [0.3, 0.4) is 0 Å². The van der Waals surface area contributed by atoms with Gasteiger partial charge in [-0.3, -0.25) is 0 Å². The van der Waals surface area contributed by atoms with Gasteiger partial charge in [-0.15, -0.1) is 0 Å². The quantitative estimate of drug-likeness (QED) is 0.801. The van der Waals surface area contributed by atoms with Gasteiger partial charge in [0.15, 0.2) is 0 Å². The van der Waals surface area contributed by atoms with Crippen LogP contribution in [-0.2, 0) is 15.9 Å². The van der Waals surface area contributed by atoms with Crippen LogP contribution in [0, 0.1) is 5.82 Å². The summed E-state index contributed by atoms with van der Waals surface area (Å²) in [4.78, 5) is 0. The predicted molar refractivity (Wildman–Crippen MR) is 92.9 cm³/mol. The summed E-state index contributed by atoms with van der Waals surface area (Å²) < 4.78 is 32.3. The number of hydrogen-bond acceptors (Lipinski definition) is 3. The second kappa shape index (κ2) is 6.23. The van der Waals surface area contributed by atoms with E-state index in [-0.39, 0.29) is 5.82 Å². The Hall–Kier alpha value is -1.85. The second-order valence-electron chi connectivity index (χ2n) is 7.01. The molecule has 0 bridgehead atoms. The number of hydrogen-bond donors (Lipinski definition) is 0. The van der Waals surface area contributed by atoms with Gasteiger partial charge in [-0.05, 0) is 45.4 Å². The first-order valence-corrected chi connectivity index (χ1v) is 8.11. The van der Waals surface area contributed by atoms with Crippen molar-refractivity contribution in [3.05, 3.63) is 59.9 Å². The van der Waals surface area contributed by atoms with Gasteiger partial charge in [-0.1, -0.05) is 36.4 Å².